The third kappa shape index (κ3) is 3.93. The first kappa shape index (κ1) is 14.9. The van der Waals surface area contributed by atoms with E-state index in [1.54, 1.807) is 0 Å². The zero-order valence-corrected chi connectivity index (χ0v) is 10.9. The van der Waals surface area contributed by atoms with Gasteiger partial charge in [0.05, 0.1) is 6.54 Å². The van der Waals surface area contributed by atoms with E-state index >= 15 is 0 Å². The highest BCUT2D eigenvalue weighted by atomic mass is 32.2. The standard InChI is InChI=1S/C9H17N3O5S/c1-7(9(14)15)18(16,17)11-6-8(13)12-4-2-10-3-5-12/h7,10-11H,2-6H2,1H3,(H,14,15). The summed E-state index contributed by atoms with van der Waals surface area (Å²) >= 11 is 0. The summed E-state index contributed by atoms with van der Waals surface area (Å²) in [6, 6.07) is 0. The molecule has 1 heterocycles. The first-order valence-electron chi connectivity index (χ1n) is 5.54. The number of carboxylic acids is 1. The number of hydrogen-bond acceptors (Lipinski definition) is 5. The molecule has 1 unspecified atom stereocenters. The van der Waals surface area contributed by atoms with Crippen molar-refractivity contribution in [2.45, 2.75) is 12.2 Å². The predicted molar refractivity (Wildman–Crippen MR) is 63.5 cm³/mol. The van der Waals surface area contributed by atoms with Crippen LogP contribution in [-0.4, -0.2) is 68.3 Å². The van der Waals surface area contributed by atoms with Crippen LogP contribution in [0.3, 0.4) is 0 Å². The molecule has 0 saturated carbocycles. The third-order valence-corrected chi connectivity index (χ3v) is 4.39. The Balaban J connectivity index is 2.49. The maximum Gasteiger partial charge on any atom is 0.323 e. The number of nitrogens with zero attached hydrogens (tertiary/aromatic N) is 1. The van der Waals surface area contributed by atoms with Crippen molar-refractivity contribution >= 4 is 21.9 Å². The van der Waals surface area contributed by atoms with Crippen molar-refractivity contribution in [3.05, 3.63) is 0 Å². The van der Waals surface area contributed by atoms with Gasteiger partial charge >= 0.3 is 5.97 Å². The first-order valence-corrected chi connectivity index (χ1v) is 7.09. The summed E-state index contributed by atoms with van der Waals surface area (Å²) in [7, 11) is -4.01. The van der Waals surface area contributed by atoms with Crippen LogP contribution in [0.4, 0.5) is 0 Å². The van der Waals surface area contributed by atoms with Gasteiger partial charge in [-0.2, -0.15) is 0 Å². The van der Waals surface area contributed by atoms with E-state index in [-0.39, 0.29) is 5.91 Å². The Labute approximate surface area is 105 Å². The fourth-order valence-electron chi connectivity index (χ4n) is 1.45. The Kier molecular flexibility index (Phi) is 5.05. The second-order valence-electron chi connectivity index (χ2n) is 3.98. The summed E-state index contributed by atoms with van der Waals surface area (Å²) in [6.07, 6.45) is 0. The van der Waals surface area contributed by atoms with Gasteiger partial charge in [0, 0.05) is 26.2 Å². The van der Waals surface area contributed by atoms with E-state index in [1.807, 2.05) is 4.72 Å². The lowest BCUT2D eigenvalue weighted by molar-refractivity contribution is -0.136. The number of piperazine rings is 1. The zero-order chi connectivity index (χ0) is 13.8. The Bertz CT molecular complexity index is 416. The Morgan fingerprint density at radius 3 is 2.44 bits per heavy atom. The highest BCUT2D eigenvalue weighted by Gasteiger charge is 2.28. The number of carbonyl (C=O) groups excluding carboxylic acids is 1. The molecule has 1 fully saturated rings. The van der Waals surface area contributed by atoms with Gasteiger partial charge in [-0.25, -0.2) is 13.1 Å². The molecule has 8 nitrogen and oxygen atoms in total. The average Bonchev–Trinajstić information content (AvgIpc) is 2.36. The largest absolute Gasteiger partial charge is 0.480 e. The molecule has 1 atom stereocenters. The Morgan fingerprint density at radius 1 is 1.39 bits per heavy atom. The molecule has 9 heteroatoms. The molecule has 0 bridgehead atoms. The van der Waals surface area contributed by atoms with Crippen LogP contribution in [0, 0.1) is 0 Å². The van der Waals surface area contributed by atoms with Crippen molar-refractivity contribution in [3.63, 3.8) is 0 Å². The number of aliphatic carboxylic acids is 1. The van der Waals surface area contributed by atoms with Gasteiger partial charge in [-0.1, -0.05) is 0 Å². The number of sulfonamides is 1. The molecule has 1 aliphatic rings. The molecule has 0 spiro atoms. The van der Waals surface area contributed by atoms with Gasteiger partial charge in [-0.3, -0.25) is 9.59 Å². The predicted octanol–water partition coefficient (Wildman–Crippen LogP) is -2.19. The lowest BCUT2D eigenvalue weighted by Crippen LogP contribution is -2.50. The van der Waals surface area contributed by atoms with Crippen LogP contribution in [0.25, 0.3) is 0 Å². The van der Waals surface area contributed by atoms with Gasteiger partial charge in [-0.15, -0.1) is 0 Å². The van der Waals surface area contributed by atoms with E-state index in [4.69, 9.17) is 5.11 Å². The molecule has 1 rings (SSSR count). The molecular formula is C9H17N3O5S. The average molecular weight is 279 g/mol. The first-order chi connectivity index (χ1) is 8.34. The molecule has 1 saturated heterocycles. The van der Waals surface area contributed by atoms with Crippen LogP contribution in [0.1, 0.15) is 6.92 Å². The number of carboxylic acid groups (broad SMARTS) is 1. The van der Waals surface area contributed by atoms with E-state index in [1.165, 1.54) is 4.90 Å². The molecule has 0 aromatic carbocycles. The summed E-state index contributed by atoms with van der Waals surface area (Å²) in [5, 5.41) is 10.1. The maximum atomic E-state index is 11.7. The highest BCUT2D eigenvalue weighted by molar-refractivity contribution is 7.90. The summed E-state index contributed by atoms with van der Waals surface area (Å²) in [6.45, 7) is 3.04. The molecule has 0 radical (unpaired) electrons. The van der Waals surface area contributed by atoms with Crippen LogP contribution in [0.5, 0.6) is 0 Å². The molecule has 0 aromatic rings. The van der Waals surface area contributed by atoms with Crippen LogP contribution in [0.2, 0.25) is 0 Å². The van der Waals surface area contributed by atoms with Gasteiger partial charge in [0.25, 0.3) is 0 Å². The lowest BCUT2D eigenvalue weighted by atomic mass is 10.3. The molecular weight excluding hydrogens is 262 g/mol. The molecule has 18 heavy (non-hydrogen) atoms. The number of rotatable bonds is 5. The topological polar surface area (TPSA) is 116 Å². The van der Waals surface area contributed by atoms with E-state index in [0.29, 0.717) is 26.2 Å². The van der Waals surface area contributed by atoms with E-state index < -0.39 is 27.8 Å². The Morgan fingerprint density at radius 2 is 1.94 bits per heavy atom. The van der Waals surface area contributed by atoms with Crippen LogP contribution in [-0.2, 0) is 19.6 Å². The maximum absolute atomic E-state index is 11.7. The van der Waals surface area contributed by atoms with Crippen molar-refractivity contribution < 1.29 is 23.1 Å². The third-order valence-electron chi connectivity index (χ3n) is 2.71. The van der Waals surface area contributed by atoms with Crippen molar-refractivity contribution in [3.8, 4) is 0 Å². The molecule has 1 amide bonds. The van der Waals surface area contributed by atoms with Crippen LogP contribution >= 0.6 is 0 Å². The summed E-state index contributed by atoms with van der Waals surface area (Å²) in [5.41, 5.74) is 0. The normalized spacial score (nSPS) is 18.4. The van der Waals surface area contributed by atoms with Gasteiger partial charge in [0.1, 0.15) is 0 Å². The SMILES string of the molecule is CC(C(=O)O)S(=O)(=O)NCC(=O)N1CCNCC1. The van der Waals surface area contributed by atoms with Gasteiger partial charge < -0.3 is 15.3 Å². The summed E-state index contributed by atoms with van der Waals surface area (Å²) in [4.78, 5) is 23.8. The minimum absolute atomic E-state index is 0.349. The molecule has 104 valence electrons. The smallest absolute Gasteiger partial charge is 0.323 e. The molecule has 0 aliphatic carbocycles. The lowest BCUT2D eigenvalue weighted by Gasteiger charge is -2.27. The van der Waals surface area contributed by atoms with Crippen molar-refractivity contribution in [2.75, 3.05) is 32.7 Å². The van der Waals surface area contributed by atoms with Crippen molar-refractivity contribution in [1.82, 2.24) is 14.9 Å². The van der Waals surface area contributed by atoms with E-state index in [2.05, 4.69) is 5.32 Å². The van der Waals surface area contributed by atoms with E-state index in [0.717, 1.165) is 6.92 Å². The zero-order valence-electron chi connectivity index (χ0n) is 10.0. The monoisotopic (exact) mass is 279 g/mol. The van der Waals surface area contributed by atoms with Gasteiger partial charge in [0.2, 0.25) is 15.9 Å². The second kappa shape index (κ2) is 6.12. The minimum Gasteiger partial charge on any atom is -0.480 e. The van der Waals surface area contributed by atoms with Crippen LogP contribution in [0.15, 0.2) is 0 Å². The quantitative estimate of drug-likeness (QED) is 0.526. The van der Waals surface area contributed by atoms with E-state index in [9.17, 15) is 18.0 Å². The number of hydrogen-bond donors (Lipinski definition) is 3. The molecule has 3 N–H and O–H groups in total. The van der Waals surface area contributed by atoms with Crippen molar-refractivity contribution in [1.29, 1.82) is 0 Å². The fourth-order valence-corrected chi connectivity index (χ4v) is 2.29. The second-order valence-corrected chi connectivity index (χ2v) is 6.06. The van der Waals surface area contributed by atoms with Crippen molar-refractivity contribution in [2.24, 2.45) is 0 Å². The number of nitrogens with one attached hydrogen (secondary N) is 2. The Hall–Kier alpha value is -1.19. The number of carbonyl (C=O) groups is 2. The van der Waals surface area contributed by atoms with Gasteiger partial charge in [-0.05, 0) is 6.92 Å². The number of amides is 1. The van der Waals surface area contributed by atoms with Gasteiger partial charge in [0.15, 0.2) is 5.25 Å². The molecule has 0 aromatic heterocycles. The fraction of sp³-hybridized carbons (Fsp3) is 0.778. The van der Waals surface area contributed by atoms with Crippen LogP contribution < -0.4 is 10.0 Å². The molecule has 1 aliphatic heterocycles. The highest BCUT2D eigenvalue weighted by Crippen LogP contribution is 1.99. The summed E-state index contributed by atoms with van der Waals surface area (Å²) < 4.78 is 25.0. The minimum atomic E-state index is -4.01. The summed E-state index contributed by atoms with van der Waals surface area (Å²) in [5.74, 6) is -1.80.